The Kier molecular flexibility index (Phi) is 3.41. The molecule has 0 unspecified atom stereocenters. The molecule has 1 fully saturated rings. The van der Waals surface area contributed by atoms with Gasteiger partial charge in [-0.2, -0.15) is 0 Å². The molecule has 15 heavy (non-hydrogen) atoms. The number of aromatic nitrogens is 1. The summed E-state index contributed by atoms with van der Waals surface area (Å²) in [5, 5.41) is 0. The Bertz CT molecular complexity index is 389. The molecule has 0 radical (unpaired) electrons. The number of carbonyl (C=O) groups is 1. The zero-order chi connectivity index (χ0) is 10.8. The van der Waals surface area contributed by atoms with Crippen molar-refractivity contribution in [3.8, 4) is 0 Å². The van der Waals surface area contributed by atoms with E-state index in [9.17, 15) is 4.79 Å². The molecule has 1 aromatic rings. The summed E-state index contributed by atoms with van der Waals surface area (Å²) in [5.74, 6) is 0.0203. The Morgan fingerprint density at radius 3 is 2.60 bits per heavy atom. The van der Waals surface area contributed by atoms with Gasteiger partial charge in [0.2, 0.25) is 0 Å². The van der Waals surface area contributed by atoms with Crippen molar-refractivity contribution in [3.05, 3.63) is 26.9 Å². The molecule has 0 saturated carbocycles. The Morgan fingerprint density at radius 2 is 2.00 bits per heavy atom. The van der Waals surface area contributed by atoms with Crippen molar-refractivity contribution in [3.63, 3.8) is 0 Å². The summed E-state index contributed by atoms with van der Waals surface area (Å²) in [6.45, 7) is 1.70. The Morgan fingerprint density at radius 1 is 1.33 bits per heavy atom. The second kappa shape index (κ2) is 4.61. The molecule has 80 valence electrons. The van der Waals surface area contributed by atoms with E-state index < -0.39 is 0 Å². The largest absolute Gasteiger partial charge is 0.337 e. The fourth-order valence-corrected chi connectivity index (χ4v) is 2.80. The molecule has 0 atom stereocenters. The monoisotopic (exact) mass is 332 g/mol. The van der Waals surface area contributed by atoms with Crippen molar-refractivity contribution in [2.75, 3.05) is 13.1 Å². The molecular weight excluding hydrogens is 324 g/mol. The summed E-state index contributed by atoms with van der Waals surface area (Å²) >= 11 is 6.67. The minimum atomic E-state index is 0.0203. The quantitative estimate of drug-likeness (QED) is 0.791. The van der Waals surface area contributed by atoms with Crippen molar-refractivity contribution < 1.29 is 4.79 Å². The summed E-state index contributed by atoms with van der Waals surface area (Å²) < 4.78 is 1.61. The van der Waals surface area contributed by atoms with Crippen molar-refractivity contribution in [2.45, 2.75) is 12.8 Å². The highest BCUT2D eigenvalue weighted by Gasteiger charge is 2.22. The van der Waals surface area contributed by atoms with Gasteiger partial charge in [-0.3, -0.25) is 4.79 Å². The predicted molar refractivity (Wildman–Crippen MR) is 64.8 cm³/mol. The first-order valence-electron chi connectivity index (χ1n) is 4.79. The number of nitrogens with zero attached hydrogens (tertiary/aromatic N) is 2. The number of hydrogen-bond donors (Lipinski definition) is 0. The minimum absolute atomic E-state index is 0.0203. The van der Waals surface area contributed by atoms with Crippen molar-refractivity contribution in [2.24, 2.45) is 0 Å². The lowest BCUT2D eigenvalue weighted by atomic mass is 10.3. The van der Waals surface area contributed by atoms with Crippen LogP contribution in [0.2, 0.25) is 0 Å². The minimum Gasteiger partial charge on any atom is -0.337 e. The molecule has 1 aliphatic rings. The van der Waals surface area contributed by atoms with Gasteiger partial charge in [0.1, 0.15) is 5.69 Å². The van der Waals surface area contributed by atoms with Crippen LogP contribution < -0.4 is 0 Å². The van der Waals surface area contributed by atoms with Gasteiger partial charge in [-0.15, -0.1) is 0 Å². The highest BCUT2D eigenvalue weighted by atomic mass is 79.9. The SMILES string of the molecule is O=C(c1ncc(Br)cc1Br)N1CCCC1. The van der Waals surface area contributed by atoms with E-state index in [0.717, 1.165) is 34.9 Å². The van der Waals surface area contributed by atoms with Crippen LogP contribution >= 0.6 is 31.9 Å². The molecule has 2 rings (SSSR count). The smallest absolute Gasteiger partial charge is 0.273 e. The van der Waals surface area contributed by atoms with Gasteiger partial charge in [-0.1, -0.05) is 0 Å². The zero-order valence-electron chi connectivity index (χ0n) is 8.04. The summed E-state index contributed by atoms with van der Waals surface area (Å²) in [7, 11) is 0. The van der Waals surface area contributed by atoms with Gasteiger partial charge >= 0.3 is 0 Å². The van der Waals surface area contributed by atoms with E-state index in [2.05, 4.69) is 36.8 Å². The van der Waals surface area contributed by atoms with E-state index in [1.54, 1.807) is 6.20 Å². The number of amides is 1. The van der Waals surface area contributed by atoms with Gasteiger partial charge in [-0.05, 0) is 50.8 Å². The second-order valence-corrected chi connectivity index (χ2v) is 5.25. The number of pyridine rings is 1. The van der Waals surface area contributed by atoms with E-state index in [1.165, 1.54) is 0 Å². The molecule has 0 aliphatic carbocycles. The highest BCUT2D eigenvalue weighted by Crippen LogP contribution is 2.22. The van der Waals surface area contributed by atoms with Crippen LogP contribution in [0.15, 0.2) is 21.2 Å². The van der Waals surface area contributed by atoms with Gasteiger partial charge < -0.3 is 4.90 Å². The zero-order valence-corrected chi connectivity index (χ0v) is 11.2. The molecule has 1 amide bonds. The third-order valence-electron chi connectivity index (χ3n) is 2.40. The van der Waals surface area contributed by atoms with Crippen LogP contribution in [0.1, 0.15) is 23.3 Å². The van der Waals surface area contributed by atoms with Gasteiger partial charge in [-0.25, -0.2) is 4.98 Å². The first-order chi connectivity index (χ1) is 7.18. The normalized spacial score (nSPS) is 15.7. The van der Waals surface area contributed by atoms with Gasteiger partial charge in [0.15, 0.2) is 0 Å². The van der Waals surface area contributed by atoms with E-state index in [-0.39, 0.29) is 5.91 Å². The number of likely N-dealkylation sites (tertiary alicyclic amines) is 1. The maximum Gasteiger partial charge on any atom is 0.273 e. The lowest BCUT2D eigenvalue weighted by Crippen LogP contribution is -2.28. The topological polar surface area (TPSA) is 33.2 Å². The van der Waals surface area contributed by atoms with Gasteiger partial charge in [0, 0.05) is 23.8 Å². The molecular formula is C10H10Br2N2O. The fraction of sp³-hybridized carbons (Fsp3) is 0.400. The van der Waals surface area contributed by atoms with E-state index in [1.807, 2.05) is 11.0 Å². The van der Waals surface area contributed by atoms with Crippen LogP contribution in [0, 0.1) is 0 Å². The summed E-state index contributed by atoms with van der Waals surface area (Å²) in [5.41, 5.74) is 0.500. The molecule has 2 heterocycles. The molecule has 1 aromatic heterocycles. The summed E-state index contributed by atoms with van der Waals surface area (Å²) in [6, 6.07) is 1.84. The Labute approximate surface area is 105 Å². The lowest BCUT2D eigenvalue weighted by molar-refractivity contribution is 0.0786. The van der Waals surface area contributed by atoms with Gasteiger partial charge in [0.05, 0.1) is 4.47 Å². The first kappa shape index (κ1) is 11.1. The highest BCUT2D eigenvalue weighted by molar-refractivity contribution is 9.11. The van der Waals surface area contributed by atoms with E-state index in [0.29, 0.717) is 5.69 Å². The number of halogens is 2. The van der Waals surface area contributed by atoms with Crippen LogP contribution in [-0.4, -0.2) is 28.9 Å². The molecule has 3 nitrogen and oxygen atoms in total. The number of rotatable bonds is 1. The van der Waals surface area contributed by atoms with Crippen molar-refractivity contribution in [1.82, 2.24) is 9.88 Å². The van der Waals surface area contributed by atoms with Crippen LogP contribution in [0.3, 0.4) is 0 Å². The average molecular weight is 334 g/mol. The van der Waals surface area contributed by atoms with Crippen LogP contribution in [0.4, 0.5) is 0 Å². The molecule has 0 bridgehead atoms. The van der Waals surface area contributed by atoms with Crippen LogP contribution in [0.5, 0.6) is 0 Å². The molecule has 0 spiro atoms. The third kappa shape index (κ3) is 2.39. The molecule has 1 aliphatic heterocycles. The summed E-state index contributed by atoms with van der Waals surface area (Å²) in [6.07, 6.45) is 3.84. The fourth-order valence-electron chi connectivity index (χ4n) is 1.64. The van der Waals surface area contributed by atoms with E-state index >= 15 is 0 Å². The van der Waals surface area contributed by atoms with Crippen molar-refractivity contribution >= 4 is 37.8 Å². The standard InChI is InChI=1S/C10H10Br2N2O/c11-7-5-8(12)9(13-6-7)10(15)14-3-1-2-4-14/h5-6H,1-4H2. The molecule has 0 N–H and O–H groups in total. The van der Waals surface area contributed by atoms with Crippen LogP contribution in [-0.2, 0) is 0 Å². The van der Waals surface area contributed by atoms with Gasteiger partial charge in [0.25, 0.3) is 5.91 Å². The summed E-state index contributed by atoms with van der Waals surface area (Å²) in [4.78, 5) is 18.0. The second-order valence-electron chi connectivity index (χ2n) is 3.48. The maximum atomic E-state index is 12.0. The lowest BCUT2D eigenvalue weighted by Gasteiger charge is -2.15. The number of carbonyl (C=O) groups excluding carboxylic acids is 1. The predicted octanol–water partition coefficient (Wildman–Crippen LogP) is 2.84. The Hall–Kier alpha value is -0.420. The molecule has 0 aromatic carbocycles. The van der Waals surface area contributed by atoms with Crippen LogP contribution in [0.25, 0.3) is 0 Å². The molecule has 5 heteroatoms. The number of hydrogen-bond acceptors (Lipinski definition) is 2. The molecule has 1 saturated heterocycles. The first-order valence-corrected chi connectivity index (χ1v) is 6.37. The third-order valence-corrected chi connectivity index (χ3v) is 3.44. The maximum absolute atomic E-state index is 12.0. The van der Waals surface area contributed by atoms with Crippen molar-refractivity contribution in [1.29, 1.82) is 0 Å². The average Bonchev–Trinajstić information content (AvgIpc) is 2.69. The Balaban J connectivity index is 2.24. The van der Waals surface area contributed by atoms with E-state index in [4.69, 9.17) is 0 Å².